The van der Waals surface area contributed by atoms with E-state index < -0.39 is 11.7 Å². The lowest BCUT2D eigenvalue weighted by Gasteiger charge is -2.28. The molecule has 0 saturated carbocycles. The fraction of sp³-hybridized carbons (Fsp3) is 0.267. The molecule has 0 unspecified atom stereocenters. The summed E-state index contributed by atoms with van der Waals surface area (Å²) < 4.78 is 53.2. The number of aromatic nitrogens is 2. The van der Waals surface area contributed by atoms with Crippen LogP contribution in [0.2, 0.25) is 5.02 Å². The smallest absolute Gasteiger partial charge is 0.416 e. The molecule has 4 aromatic rings. The molecule has 2 aromatic heterocycles. The number of ether oxygens (including phenoxy) is 2. The molecule has 2 atom stereocenters. The van der Waals surface area contributed by atoms with Crippen molar-refractivity contribution in [2.75, 3.05) is 25.2 Å². The summed E-state index contributed by atoms with van der Waals surface area (Å²) in [5, 5.41) is 4.30. The summed E-state index contributed by atoms with van der Waals surface area (Å²) in [5.74, 6) is 0.520. The predicted octanol–water partition coefficient (Wildman–Crippen LogP) is 7.36. The Bertz CT molecular complexity index is 1560. The maximum absolute atomic E-state index is 13.5. The highest BCUT2D eigenvalue weighted by atomic mass is 35.5. The molecule has 1 fully saturated rings. The molecule has 41 heavy (non-hydrogen) atoms. The average Bonchev–Trinajstić information content (AvgIpc) is 3.44. The molecule has 214 valence electrons. The zero-order chi connectivity index (χ0) is 29.3. The number of nitrogens with zero attached hydrogens (tertiary/aromatic N) is 3. The molecule has 1 saturated heterocycles. The summed E-state index contributed by atoms with van der Waals surface area (Å²) in [6, 6.07) is 17.7. The van der Waals surface area contributed by atoms with Gasteiger partial charge in [0.15, 0.2) is 5.11 Å². The Hall–Kier alpha value is -3.60. The third kappa shape index (κ3) is 5.77. The molecule has 1 N–H and O–H groups in total. The first kappa shape index (κ1) is 28.9. The summed E-state index contributed by atoms with van der Waals surface area (Å²) in [7, 11) is 1.59. The van der Waals surface area contributed by atoms with Crippen molar-refractivity contribution in [2.45, 2.75) is 32.1 Å². The Morgan fingerprint density at radius 3 is 2.49 bits per heavy atom. The maximum Gasteiger partial charge on any atom is 0.416 e. The van der Waals surface area contributed by atoms with Crippen molar-refractivity contribution >= 4 is 34.6 Å². The largest absolute Gasteiger partial charge is 0.490 e. The second-order valence-corrected chi connectivity index (χ2v) is 10.5. The Balaban J connectivity index is 1.61. The number of benzene rings is 2. The van der Waals surface area contributed by atoms with Gasteiger partial charge < -0.3 is 24.3 Å². The van der Waals surface area contributed by atoms with Gasteiger partial charge in [0.05, 0.1) is 35.0 Å². The molecular weight excluding hydrogens is 573 g/mol. The maximum atomic E-state index is 13.5. The van der Waals surface area contributed by atoms with E-state index in [1.807, 2.05) is 53.6 Å². The summed E-state index contributed by atoms with van der Waals surface area (Å²) in [6.07, 6.45) is -2.73. The van der Waals surface area contributed by atoms with E-state index in [0.717, 1.165) is 40.5 Å². The van der Waals surface area contributed by atoms with Crippen LogP contribution in [0.4, 0.5) is 18.9 Å². The lowest BCUT2D eigenvalue weighted by molar-refractivity contribution is -0.137. The van der Waals surface area contributed by atoms with E-state index in [4.69, 9.17) is 33.3 Å². The molecule has 0 radical (unpaired) electrons. The lowest BCUT2D eigenvalue weighted by Crippen LogP contribution is -2.29. The second kappa shape index (κ2) is 11.7. The van der Waals surface area contributed by atoms with Gasteiger partial charge in [-0.1, -0.05) is 23.7 Å². The van der Waals surface area contributed by atoms with Gasteiger partial charge in [0.25, 0.3) is 0 Å². The third-order valence-electron chi connectivity index (χ3n) is 7.06. The van der Waals surface area contributed by atoms with E-state index in [9.17, 15) is 13.2 Å². The normalized spacial score (nSPS) is 17.1. The zero-order valence-corrected chi connectivity index (χ0v) is 24.1. The van der Waals surface area contributed by atoms with Crippen molar-refractivity contribution in [1.29, 1.82) is 0 Å². The summed E-state index contributed by atoms with van der Waals surface area (Å²) in [5.41, 5.74) is 3.69. The first-order chi connectivity index (χ1) is 19.6. The van der Waals surface area contributed by atoms with E-state index in [1.54, 1.807) is 31.5 Å². The Kier molecular flexibility index (Phi) is 8.26. The fourth-order valence-electron chi connectivity index (χ4n) is 5.25. The Labute approximate surface area is 246 Å². The number of thiocarbonyl (C=S) groups is 1. The van der Waals surface area contributed by atoms with Crippen LogP contribution < -0.4 is 15.0 Å². The molecule has 6 nitrogen and oxygen atoms in total. The first-order valence-electron chi connectivity index (χ1n) is 12.9. The number of pyridine rings is 1. The van der Waals surface area contributed by atoms with Crippen molar-refractivity contribution in [3.63, 3.8) is 0 Å². The van der Waals surface area contributed by atoms with Gasteiger partial charge in [0.2, 0.25) is 0 Å². The second-order valence-electron chi connectivity index (χ2n) is 9.66. The SMILES string of the molecule is COCCOc1ccc(N2C(=S)N[C@@H](c3ccccn3)[C@@H]2c2cc(C)n(-c3cccc(C(F)(F)F)c3)c2C)cc1Cl. The van der Waals surface area contributed by atoms with Crippen molar-refractivity contribution in [3.05, 3.63) is 106 Å². The van der Waals surface area contributed by atoms with E-state index in [0.29, 0.717) is 34.8 Å². The van der Waals surface area contributed by atoms with Gasteiger partial charge in [-0.2, -0.15) is 13.2 Å². The van der Waals surface area contributed by atoms with Crippen LogP contribution in [0.15, 0.2) is 72.9 Å². The monoisotopic (exact) mass is 600 g/mol. The summed E-state index contributed by atoms with van der Waals surface area (Å²) >= 11 is 12.4. The molecule has 2 aromatic carbocycles. The molecule has 11 heteroatoms. The number of alkyl halides is 3. The molecule has 5 rings (SSSR count). The van der Waals surface area contributed by atoms with E-state index in [-0.39, 0.29) is 12.1 Å². The minimum Gasteiger partial charge on any atom is -0.490 e. The van der Waals surface area contributed by atoms with E-state index >= 15 is 0 Å². The van der Waals surface area contributed by atoms with Crippen LogP contribution in [0.3, 0.4) is 0 Å². The zero-order valence-electron chi connectivity index (χ0n) is 22.6. The highest BCUT2D eigenvalue weighted by Gasteiger charge is 2.42. The van der Waals surface area contributed by atoms with Crippen LogP contribution in [0.1, 0.15) is 40.3 Å². The average molecular weight is 601 g/mol. The molecule has 3 heterocycles. The van der Waals surface area contributed by atoms with Crippen LogP contribution in [0.25, 0.3) is 5.69 Å². The van der Waals surface area contributed by atoms with Crippen LogP contribution in [0, 0.1) is 13.8 Å². The predicted molar refractivity (Wildman–Crippen MR) is 157 cm³/mol. The van der Waals surface area contributed by atoms with Gasteiger partial charge in [0, 0.05) is 36.1 Å². The van der Waals surface area contributed by atoms with Crippen molar-refractivity contribution < 1.29 is 22.6 Å². The molecule has 0 spiro atoms. The Morgan fingerprint density at radius 1 is 1.00 bits per heavy atom. The van der Waals surface area contributed by atoms with Gasteiger partial charge in [-0.3, -0.25) is 4.98 Å². The summed E-state index contributed by atoms with van der Waals surface area (Å²) in [4.78, 5) is 6.56. The Morgan fingerprint density at radius 2 is 1.80 bits per heavy atom. The number of methoxy groups -OCH3 is 1. The number of hydrogen-bond acceptors (Lipinski definition) is 4. The number of nitrogens with one attached hydrogen (secondary N) is 1. The van der Waals surface area contributed by atoms with Crippen LogP contribution in [-0.2, 0) is 10.9 Å². The van der Waals surface area contributed by atoms with E-state index in [1.165, 1.54) is 6.07 Å². The number of hydrogen-bond donors (Lipinski definition) is 1. The van der Waals surface area contributed by atoms with Crippen LogP contribution in [-0.4, -0.2) is 35.0 Å². The first-order valence-corrected chi connectivity index (χ1v) is 13.7. The molecule has 0 aliphatic carbocycles. The number of rotatable bonds is 8. The molecule has 1 aliphatic rings. The van der Waals surface area contributed by atoms with Gasteiger partial charge in [-0.15, -0.1) is 0 Å². The number of halogens is 4. The highest BCUT2D eigenvalue weighted by molar-refractivity contribution is 7.80. The highest BCUT2D eigenvalue weighted by Crippen LogP contribution is 2.45. The number of anilines is 1. The minimum atomic E-state index is -4.45. The van der Waals surface area contributed by atoms with Gasteiger partial charge in [-0.05, 0) is 86.2 Å². The van der Waals surface area contributed by atoms with Crippen molar-refractivity contribution in [3.8, 4) is 11.4 Å². The van der Waals surface area contributed by atoms with E-state index in [2.05, 4.69) is 10.3 Å². The molecule has 0 amide bonds. The minimum absolute atomic E-state index is 0.337. The van der Waals surface area contributed by atoms with Crippen LogP contribution >= 0.6 is 23.8 Å². The lowest BCUT2D eigenvalue weighted by atomic mass is 9.96. The quantitative estimate of drug-likeness (QED) is 0.168. The summed E-state index contributed by atoms with van der Waals surface area (Å²) in [6.45, 7) is 4.55. The van der Waals surface area contributed by atoms with Crippen molar-refractivity contribution in [1.82, 2.24) is 14.9 Å². The molecule has 0 bridgehead atoms. The van der Waals surface area contributed by atoms with Crippen molar-refractivity contribution in [2.24, 2.45) is 0 Å². The molecular formula is C30H28ClF3N4O2S. The third-order valence-corrected chi connectivity index (χ3v) is 7.67. The topological polar surface area (TPSA) is 51.6 Å². The standard InChI is InChI=1S/C30H28ClF3N4O2S/c1-18-15-23(19(2)37(18)21-8-6-7-20(16-21)30(32,33)34)28-27(25-9-4-5-12-35-25)36-29(41)38(28)22-10-11-26(24(31)17-22)40-14-13-39-3/h4-12,15-17,27-28H,13-14H2,1-3H3,(H,36,41)/t27-,28-/m0/s1. The van der Waals surface area contributed by atoms with Gasteiger partial charge in [0.1, 0.15) is 12.4 Å². The fourth-order valence-corrected chi connectivity index (χ4v) is 5.82. The molecule has 1 aliphatic heterocycles. The number of aryl methyl sites for hydroxylation is 1. The van der Waals surface area contributed by atoms with Gasteiger partial charge in [-0.25, -0.2) is 0 Å². The van der Waals surface area contributed by atoms with Gasteiger partial charge >= 0.3 is 6.18 Å². The van der Waals surface area contributed by atoms with Crippen LogP contribution in [0.5, 0.6) is 5.75 Å².